The summed E-state index contributed by atoms with van der Waals surface area (Å²) >= 11 is 0. The molecule has 0 saturated carbocycles. The summed E-state index contributed by atoms with van der Waals surface area (Å²) in [6.07, 6.45) is 2.01. The molecule has 0 spiro atoms. The van der Waals surface area contributed by atoms with E-state index in [-0.39, 0.29) is 0 Å². The van der Waals surface area contributed by atoms with Crippen LogP contribution in [0.3, 0.4) is 0 Å². The van der Waals surface area contributed by atoms with Crippen molar-refractivity contribution >= 4 is 11.4 Å². The smallest absolute Gasteiger partial charge is 0.0426 e. The number of rotatable bonds is 2. The molecule has 1 nitrogen and oxygen atoms in total. The second-order valence-electron chi connectivity index (χ2n) is 7.46. The molecule has 0 radical (unpaired) electrons. The Hall–Kier alpha value is -3.32. The van der Waals surface area contributed by atoms with E-state index >= 15 is 0 Å². The Labute approximate surface area is 159 Å². The zero-order valence-electron chi connectivity index (χ0n) is 15.0. The Bertz CT molecular complexity index is 1110. The molecule has 2 aliphatic carbocycles. The Balaban J connectivity index is 1.43. The summed E-state index contributed by atoms with van der Waals surface area (Å²) in [7, 11) is 0. The average molecular weight is 345 g/mol. The summed E-state index contributed by atoms with van der Waals surface area (Å²) in [5.41, 5.74) is 13.6. The van der Waals surface area contributed by atoms with Crippen LogP contribution in [0.4, 0.5) is 11.4 Å². The molecule has 4 aromatic carbocycles. The van der Waals surface area contributed by atoms with Crippen molar-refractivity contribution in [3.63, 3.8) is 0 Å². The van der Waals surface area contributed by atoms with Crippen molar-refractivity contribution in [2.24, 2.45) is 0 Å². The van der Waals surface area contributed by atoms with E-state index in [9.17, 15) is 0 Å². The molecule has 0 atom stereocenters. The summed E-state index contributed by atoms with van der Waals surface area (Å²) < 4.78 is 0. The summed E-state index contributed by atoms with van der Waals surface area (Å²) in [6.45, 7) is 0. The molecular formula is C26H19N. The second kappa shape index (κ2) is 5.59. The fourth-order valence-corrected chi connectivity index (χ4v) is 4.69. The van der Waals surface area contributed by atoms with E-state index in [1.54, 1.807) is 0 Å². The van der Waals surface area contributed by atoms with Gasteiger partial charge in [0.15, 0.2) is 0 Å². The van der Waals surface area contributed by atoms with Gasteiger partial charge in [-0.05, 0) is 56.6 Å². The quantitative estimate of drug-likeness (QED) is 0.374. The molecule has 4 aromatic rings. The van der Waals surface area contributed by atoms with Crippen molar-refractivity contribution in [2.75, 3.05) is 5.32 Å². The van der Waals surface area contributed by atoms with Crippen molar-refractivity contribution in [3.8, 4) is 22.3 Å². The molecule has 0 heterocycles. The van der Waals surface area contributed by atoms with Crippen LogP contribution in [0, 0.1) is 0 Å². The highest BCUT2D eigenvalue weighted by Crippen LogP contribution is 2.44. The van der Waals surface area contributed by atoms with Gasteiger partial charge in [0.25, 0.3) is 0 Å². The third kappa shape index (κ3) is 2.18. The summed E-state index contributed by atoms with van der Waals surface area (Å²) in [4.78, 5) is 0. The van der Waals surface area contributed by atoms with E-state index in [2.05, 4.69) is 90.2 Å². The summed E-state index contributed by atoms with van der Waals surface area (Å²) in [6, 6.07) is 30.8. The molecule has 0 amide bonds. The van der Waals surface area contributed by atoms with Gasteiger partial charge < -0.3 is 5.32 Å². The summed E-state index contributed by atoms with van der Waals surface area (Å²) in [5.74, 6) is 0. The molecule has 1 N–H and O–H groups in total. The molecule has 0 aliphatic heterocycles. The van der Waals surface area contributed by atoms with Crippen LogP contribution < -0.4 is 5.32 Å². The first kappa shape index (κ1) is 14.8. The van der Waals surface area contributed by atoms with Crippen molar-refractivity contribution < 1.29 is 0 Å². The van der Waals surface area contributed by atoms with E-state index in [0.717, 1.165) is 12.8 Å². The number of hydrogen-bond donors (Lipinski definition) is 1. The molecule has 2 aliphatic rings. The Kier molecular flexibility index (Phi) is 3.06. The first-order valence-corrected chi connectivity index (χ1v) is 9.56. The molecule has 128 valence electrons. The minimum Gasteiger partial charge on any atom is -0.355 e. The standard InChI is InChI=1S/C26H19N/c1-3-9-19-17(7-1)15-23-21(19)11-5-13-25(23)27-26-14-6-12-22-20-10-4-2-8-18(20)16-24(22)26/h1-14,27H,15-16H2. The molecule has 0 fully saturated rings. The topological polar surface area (TPSA) is 12.0 Å². The third-order valence-corrected chi connectivity index (χ3v) is 5.97. The second-order valence-corrected chi connectivity index (χ2v) is 7.46. The van der Waals surface area contributed by atoms with E-state index in [1.165, 1.54) is 55.9 Å². The van der Waals surface area contributed by atoms with E-state index in [1.807, 2.05) is 0 Å². The zero-order valence-corrected chi connectivity index (χ0v) is 15.0. The van der Waals surface area contributed by atoms with Crippen molar-refractivity contribution in [1.82, 2.24) is 0 Å². The lowest BCUT2D eigenvalue weighted by Gasteiger charge is -2.15. The lowest BCUT2D eigenvalue weighted by molar-refractivity contribution is 1.24. The van der Waals surface area contributed by atoms with Crippen LogP contribution in [0.5, 0.6) is 0 Å². The molecule has 0 unspecified atom stereocenters. The fraction of sp³-hybridized carbons (Fsp3) is 0.0769. The molecule has 0 aromatic heterocycles. The molecular weight excluding hydrogens is 326 g/mol. The SMILES string of the molecule is c1ccc2c(c1)Cc1c(Nc3cccc4c3Cc3ccccc3-4)cccc1-2. The van der Waals surface area contributed by atoms with E-state index < -0.39 is 0 Å². The predicted molar refractivity (Wildman–Crippen MR) is 113 cm³/mol. The Morgan fingerprint density at radius 2 is 0.889 bits per heavy atom. The normalized spacial score (nSPS) is 12.9. The van der Waals surface area contributed by atoms with Gasteiger partial charge in [-0.2, -0.15) is 0 Å². The number of hydrogen-bond acceptors (Lipinski definition) is 1. The number of benzene rings is 4. The fourth-order valence-electron chi connectivity index (χ4n) is 4.69. The third-order valence-electron chi connectivity index (χ3n) is 5.97. The van der Waals surface area contributed by atoms with Crippen molar-refractivity contribution in [2.45, 2.75) is 12.8 Å². The maximum Gasteiger partial charge on any atom is 0.0426 e. The first-order chi connectivity index (χ1) is 13.4. The van der Waals surface area contributed by atoms with Gasteiger partial charge in [-0.3, -0.25) is 0 Å². The van der Waals surface area contributed by atoms with Crippen molar-refractivity contribution in [1.29, 1.82) is 0 Å². The first-order valence-electron chi connectivity index (χ1n) is 9.56. The zero-order chi connectivity index (χ0) is 17.8. The molecule has 6 rings (SSSR count). The van der Waals surface area contributed by atoms with Crippen LogP contribution in [0.2, 0.25) is 0 Å². The largest absolute Gasteiger partial charge is 0.355 e. The van der Waals surface area contributed by atoms with Crippen LogP contribution in [-0.2, 0) is 12.8 Å². The number of anilines is 2. The minimum absolute atomic E-state index is 1.00. The molecule has 0 bridgehead atoms. The maximum absolute atomic E-state index is 3.77. The van der Waals surface area contributed by atoms with Gasteiger partial charge in [0.2, 0.25) is 0 Å². The Morgan fingerprint density at radius 3 is 1.41 bits per heavy atom. The predicted octanol–water partition coefficient (Wildman–Crippen LogP) is 6.57. The van der Waals surface area contributed by atoms with Gasteiger partial charge in [-0.15, -0.1) is 0 Å². The average Bonchev–Trinajstić information content (AvgIpc) is 3.28. The Morgan fingerprint density at radius 1 is 0.444 bits per heavy atom. The highest BCUT2D eigenvalue weighted by molar-refractivity contribution is 5.87. The van der Waals surface area contributed by atoms with Gasteiger partial charge in [0.05, 0.1) is 0 Å². The molecule has 27 heavy (non-hydrogen) atoms. The van der Waals surface area contributed by atoms with Crippen LogP contribution in [0.25, 0.3) is 22.3 Å². The molecule has 1 heteroatoms. The van der Waals surface area contributed by atoms with E-state index in [4.69, 9.17) is 0 Å². The lowest BCUT2D eigenvalue weighted by Crippen LogP contribution is -1.98. The maximum atomic E-state index is 3.77. The van der Waals surface area contributed by atoms with E-state index in [0.29, 0.717) is 0 Å². The van der Waals surface area contributed by atoms with Gasteiger partial charge >= 0.3 is 0 Å². The van der Waals surface area contributed by atoms with Crippen LogP contribution in [-0.4, -0.2) is 0 Å². The monoisotopic (exact) mass is 345 g/mol. The summed E-state index contributed by atoms with van der Waals surface area (Å²) in [5, 5.41) is 3.77. The van der Waals surface area contributed by atoms with Gasteiger partial charge in [-0.1, -0.05) is 72.8 Å². The van der Waals surface area contributed by atoms with Gasteiger partial charge in [-0.25, -0.2) is 0 Å². The van der Waals surface area contributed by atoms with Gasteiger partial charge in [0, 0.05) is 24.2 Å². The lowest BCUT2D eigenvalue weighted by atomic mass is 10.0. The highest BCUT2D eigenvalue weighted by atomic mass is 14.9. The number of nitrogens with one attached hydrogen (secondary N) is 1. The highest BCUT2D eigenvalue weighted by Gasteiger charge is 2.23. The van der Waals surface area contributed by atoms with Crippen LogP contribution >= 0.6 is 0 Å². The van der Waals surface area contributed by atoms with Crippen LogP contribution in [0.1, 0.15) is 22.3 Å². The van der Waals surface area contributed by atoms with Gasteiger partial charge in [0.1, 0.15) is 0 Å². The molecule has 0 saturated heterocycles. The number of fused-ring (bicyclic) bond motifs is 6. The van der Waals surface area contributed by atoms with Crippen LogP contribution in [0.15, 0.2) is 84.9 Å². The minimum atomic E-state index is 1.00. The van der Waals surface area contributed by atoms with Crippen molar-refractivity contribution in [3.05, 3.63) is 107 Å².